The summed E-state index contributed by atoms with van der Waals surface area (Å²) in [7, 11) is 0. The fourth-order valence-electron chi connectivity index (χ4n) is 3.76. The Morgan fingerprint density at radius 2 is 1.87 bits per heavy atom. The van der Waals surface area contributed by atoms with Crippen LogP contribution in [0.5, 0.6) is 0 Å². The van der Waals surface area contributed by atoms with Crippen molar-refractivity contribution in [2.24, 2.45) is 5.73 Å². The Morgan fingerprint density at radius 1 is 1.13 bits per heavy atom. The Bertz CT molecular complexity index is 1100. The quantitative estimate of drug-likeness (QED) is 0.610. The lowest BCUT2D eigenvalue weighted by molar-refractivity contribution is -0.138. The Balaban J connectivity index is 1.70. The number of hydrogen-bond donors (Lipinski definition) is 2. The first-order valence-electron chi connectivity index (χ1n) is 9.90. The summed E-state index contributed by atoms with van der Waals surface area (Å²) in [6.45, 7) is 5.94. The van der Waals surface area contributed by atoms with Crippen molar-refractivity contribution < 1.29 is 17.9 Å². The number of pyridine rings is 1. The molecule has 0 amide bonds. The molecule has 31 heavy (non-hydrogen) atoms. The molecule has 1 aliphatic heterocycles. The third kappa shape index (κ3) is 4.26. The van der Waals surface area contributed by atoms with Crippen LogP contribution in [0.3, 0.4) is 0 Å². The van der Waals surface area contributed by atoms with E-state index in [0.717, 1.165) is 35.7 Å². The molecule has 164 valence electrons. The van der Waals surface area contributed by atoms with E-state index >= 15 is 0 Å². The van der Waals surface area contributed by atoms with Gasteiger partial charge in [-0.05, 0) is 37.1 Å². The van der Waals surface area contributed by atoms with Crippen molar-refractivity contribution in [2.75, 3.05) is 36.5 Å². The van der Waals surface area contributed by atoms with Crippen molar-refractivity contribution in [3.63, 3.8) is 0 Å². The summed E-state index contributed by atoms with van der Waals surface area (Å²) in [6.07, 6.45) is -3.62. The van der Waals surface area contributed by atoms with Gasteiger partial charge in [-0.15, -0.1) is 5.10 Å². The van der Waals surface area contributed by atoms with Crippen LogP contribution in [-0.2, 0) is 10.9 Å². The number of fused-ring (bicyclic) bond motifs is 1. The van der Waals surface area contributed by atoms with Crippen LogP contribution in [0.4, 0.5) is 24.8 Å². The lowest BCUT2D eigenvalue weighted by Crippen LogP contribution is -2.36. The topological polar surface area (TPSA) is 89.2 Å². The zero-order valence-corrected chi connectivity index (χ0v) is 17.2. The van der Waals surface area contributed by atoms with Gasteiger partial charge in [-0.3, -0.25) is 0 Å². The monoisotopic (exact) mass is 432 g/mol. The minimum atomic E-state index is -4.45. The van der Waals surface area contributed by atoms with Crippen molar-refractivity contribution in [3.05, 3.63) is 52.8 Å². The van der Waals surface area contributed by atoms with E-state index in [9.17, 15) is 13.2 Å². The lowest BCUT2D eigenvalue weighted by Gasteiger charge is -2.28. The number of aryl methyl sites for hydroxylation is 1. The zero-order chi connectivity index (χ0) is 22.2. The van der Waals surface area contributed by atoms with Gasteiger partial charge in [-0.2, -0.15) is 18.3 Å². The van der Waals surface area contributed by atoms with Gasteiger partial charge in [0, 0.05) is 30.1 Å². The normalized spacial score (nSPS) is 15.9. The number of nitrogens with two attached hydrogens (primary N) is 1. The fraction of sp³-hybridized carbons (Fsp3) is 0.381. The minimum absolute atomic E-state index is 0.0787. The van der Waals surface area contributed by atoms with Crippen LogP contribution in [-0.4, -0.2) is 41.5 Å². The molecule has 2 aromatic heterocycles. The predicted molar refractivity (Wildman–Crippen MR) is 112 cm³/mol. The molecule has 0 spiro atoms. The van der Waals surface area contributed by atoms with Crippen LogP contribution in [0.25, 0.3) is 10.8 Å². The second-order valence-electron chi connectivity index (χ2n) is 7.46. The molecule has 3 aromatic rings. The summed E-state index contributed by atoms with van der Waals surface area (Å²) < 4.78 is 45.3. The molecule has 4 rings (SSSR count). The standard InChI is InChI=1S/C21H23F3N6O/c1-12-14(4-3-5-17(12)21(22,23)24)19(25)27-20-15-10-18(30-6-8-31-9-7-30)26-11-16(15)13(2)28-29-20/h3-5,10-11,19H,6-9,25H2,1-2H3,(H,27,29)/t19-/m0/s1. The van der Waals surface area contributed by atoms with Crippen molar-refractivity contribution in [1.82, 2.24) is 15.2 Å². The molecular formula is C21H23F3N6O. The summed E-state index contributed by atoms with van der Waals surface area (Å²) in [5.74, 6) is 1.16. The maximum Gasteiger partial charge on any atom is 0.416 e. The number of anilines is 2. The van der Waals surface area contributed by atoms with E-state index < -0.39 is 17.9 Å². The largest absolute Gasteiger partial charge is 0.416 e. The fourth-order valence-corrected chi connectivity index (χ4v) is 3.76. The number of nitrogens with zero attached hydrogens (tertiary/aromatic N) is 4. The summed E-state index contributed by atoms with van der Waals surface area (Å²) in [5, 5.41) is 13.0. The van der Waals surface area contributed by atoms with Crippen molar-refractivity contribution in [2.45, 2.75) is 26.2 Å². The molecule has 7 nitrogen and oxygen atoms in total. The number of ether oxygens (including phenoxy) is 1. The van der Waals surface area contributed by atoms with Gasteiger partial charge in [0.1, 0.15) is 12.0 Å². The Morgan fingerprint density at radius 3 is 2.58 bits per heavy atom. The van der Waals surface area contributed by atoms with Crippen LogP contribution in [0.15, 0.2) is 30.5 Å². The predicted octanol–water partition coefficient (Wildman–Crippen LogP) is 3.57. The smallest absolute Gasteiger partial charge is 0.378 e. The molecule has 1 aromatic carbocycles. The summed E-state index contributed by atoms with van der Waals surface area (Å²) >= 11 is 0. The third-order valence-electron chi connectivity index (χ3n) is 5.48. The molecule has 0 bridgehead atoms. The first-order valence-corrected chi connectivity index (χ1v) is 9.90. The maximum atomic E-state index is 13.3. The SMILES string of the molecule is Cc1c([C@@H](N)Nc2nnc(C)c3cnc(N4CCOCC4)cc23)cccc1C(F)(F)F. The molecule has 1 aliphatic rings. The summed E-state index contributed by atoms with van der Waals surface area (Å²) in [4.78, 5) is 6.65. The van der Waals surface area contributed by atoms with Gasteiger partial charge in [0.2, 0.25) is 0 Å². The van der Waals surface area contributed by atoms with E-state index in [2.05, 4.69) is 25.4 Å². The van der Waals surface area contributed by atoms with E-state index in [1.807, 2.05) is 13.0 Å². The van der Waals surface area contributed by atoms with Gasteiger partial charge in [-0.25, -0.2) is 4.98 Å². The molecule has 0 aliphatic carbocycles. The molecule has 3 heterocycles. The number of nitrogens with one attached hydrogen (secondary N) is 1. The molecule has 0 radical (unpaired) electrons. The van der Waals surface area contributed by atoms with Crippen molar-refractivity contribution in [1.29, 1.82) is 0 Å². The highest BCUT2D eigenvalue weighted by Gasteiger charge is 2.33. The number of aromatic nitrogens is 3. The van der Waals surface area contributed by atoms with E-state index in [1.54, 1.807) is 12.3 Å². The van der Waals surface area contributed by atoms with Gasteiger partial charge in [0.05, 0.1) is 24.5 Å². The van der Waals surface area contributed by atoms with E-state index in [0.29, 0.717) is 30.3 Å². The highest BCUT2D eigenvalue weighted by atomic mass is 19.4. The molecule has 1 atom stereocenters. The van der Waals surface area contributed by atoms with Crippen LogP contribution >= 0.6 is 0 Å². The molecule has 10 heteroatoms. The van der Waals surface area contributed by atoms with Gasteiger partial charge in [-0.1, -0.05) is 12.1 Å². The summed E-state index contributed by atoms with van der Waals surface area (Å²) in [6, 6.07) is 5.88. The number of alkyl halides is 3. The van der Waals surface area contributed by atoms with E-state index in [1.165, 1.54) is 13.0 Å². The van der Waals surface area contributed by atoms with E-state index in [-0.39, 0.29) is 5.56 Å². The van der Waals surface area contributed by atoms with Crippen LogP contribution in [0.1, 0.15) is 28.6 Å². The lowest BCUT2D eigenvalue weighted by atomic mass is 10.00. The van der Waals surface area contributed by atoms with Crippen molar-refractivity contribution >= 4 is 22.4 Å². The van der Waals surface area contributed by atoms with Gasteiger partial charge in [0.25, 0.3) is 0 Å². The first kappa shape index (κ1) is 21.3. The highest BCUT2D eigenvalue weighted by molar-refractivity contribution is 5.94. The van der Waals surface area contributed by atoms with Gasteiger partial charge < -0.3 is 20.7 Å². The average molecular weight is 432 g/mol. The number of hydrogen-bond acceptors (Lipinski definition) is 7. The first-order chi connectivity index (χ1) is 14.8. The Labute approximate surface area is 177 Å². The maximum absolute atomic E-state index is 13.3. The minimum Gasteiger partial charge on any atom is -0.378 e. The average Bonchev–Trinajstić information content (AvgIpc) is 2.75. The molecule has 3 N–H and O–H groups in total. The second-order valence-corrected chi connectivity index (χ2v) is 7.46. The van der Waals surface area contributed by atoms with Gasteiger partial charge in [0.15, 0.2) is 5.82 Å². The number of benzene rings is 1. The van der Waals surface area contributed by atoms with E-state index in [4.69, 9.17) is 10.5 Å². The van der Waals surface area contributed by atoms with Gasteiger partial charge >= 0.3 is 6.18 Å². The van der Waals surface area contributed by atoms with Crippen LogP contribution < -0.4 is 16.0 Å². The van der Waals surface area contributed by atoms with Crippen LogP contribution in [0, 0.1) is 13.8 Å². The molecule has 0 saturated carbocycles. The Hall–Kier alpha value is -2.98. The second kappa shape index (κ2) is 8.27. The number of morpholine rings is 1. The highest BCUT2D eigenvalue weighted by Crippen LogP contribution is 2.35. The summed E-state index contributed by atoms with van der Waals surface area (Å²) in [5.41, 5.74) is 6.67. The molecule has 1 fully saturated rings. The zero-order valence-electron chi connectivity index (χ0n) is 17.2. The third-order valence-corrected chi connectivity index (χ3v) is 5.48. The molecule has 1 saturated heterocycles. The molecular weight excluding hydrogens is 409 g/mol. The molecule has 0 unspecified atom stereocenters. The van der Waals surface area contributed by atoms with Crippen molar-refractivity contribution in [3.8, 4) is 0 Å². The van der Waals surface area contributed by atoms with Crippen LogP contribution in [0.2, 0.25) is 0 Å². The Kier molecular flexibility index (Phi) is 5.67. The number of rotatable bonds is 4. The number of halogens is 3.